The molecule has 0 bridgehead atoms. The third kappa shape index (κ3) is 1.94. The van der Waals surface area contributed by atoms with Gasteiger partial charge in [0.05, 0.1) is 0 Å². The third-order valence-corrected chi connectivity index (χ3v) is 3.05. The standard InChI is InChI=1S/C13H16FNO/c1-9-7-11(14)8-10(2)13(9)15-6-4-3-5-12(15)16/h7-8H,3-6H2,1-2H3. The summed E-state index contributed by atoms with van der Waals surface area (Å²) in [4.78, 5) is 13.6. The molecule has 1 heterocycles. The van der Waals surface area contributed by atoms with Gasteiger partial charge in [0.25, 0.3) is 0 Å². The average molecular weight is 221 g/mol. The Morgan fingerprint density at radius 2 is 1.81 bits per heavy atom. The summed E-state index contributed by atoms with van der Waals surface area (Å²) in [6.45, 7) is 4.47. The summed E-state index contributed by atoms with van der Waals surface area (Å²) in [6, 6.07) is 2.98. The van der Waals surface area contributed by atoms with Crippen LogP contribution in [-0.4, -0.2) is 12.5 Å². The van der Waals surface area contributed by atoms with E-state index in [4.69, 9.17) is 0 Å². The van der Waals surface area contributed by atoms with Gasteiger partial charge in [-0.15, -0.1) is 0 Å². The third-order valence-electron chi connectivity index (χ3n) is 3.05. The highest BCUT2D eigenvalue weighted by molar-refractivity contribution is 5.95. The molecule has 2 rings (SSSR count). The smallest absolute Gasteiger partial charge is 0.226 e. The van der Waals surface area contributed by atoms with Crippen LogP contribution in [0.4, 0.5) is 10.1 Å². The van der Waals surface area contributed by atoms with Crippen LogP contribution in [0.1, 0.15) is 30.4 Å². The SMILES string of the molecule is Cc1cc(F)cc(C)c1N1CCCCC1=O. The number of benzene rings is 1. The van der Waals surface area contributed by atoms with Crippen molar-refractivity contribution in [3.8, 4) is 0 Å². The minimum absolute atomic E-state index is 0.157. The first-order valence-electron chi connectivity index (χ1n) is 5.66. The predicted octanol–water partition coefficient (Wildman–Crippen LogP) is 2.96. The lowest BCUT2D eigenvalue weighted by atomic mass is 10.0. The van der Waals surface area contributed by atoms with Crippen molar-refractivity contribution in [1.82, 2.24) is 0 Å². The van der Waals surface area contributed by atoms with E-state index in [2.05, 4.69) is 0 Å². The Kier molecular flexibility index (Phi) is 2.95. The van der Waals surface area contributed by atoms with Crippen LogP contribution in [0.5, 0.6) is 0 Å². The van der Waals surface area contributed by atoms with E-state index in [1.54, 1.807) is 4.90 Å². The number of piperidine rings is 1. The summed E-state index contributed by atoms with van der Waals surface area (Å²) in [5.74, 6) is -0.0766. The second-order valence-corrected chi connectivity index (χ2v) is 4.39. The molecule has 1 fully saturated rings. The van der Waals surface area contributed by atoms with Crippen LogP contribution in [0.15, 0.2) is 12.1 Å². The molecule has 1 aromatic rings. The zero-order chi connectivity index (χ0) is 11.7. The lowest BCUT2D eigenvalue weighted by Crippen LogP contribution is -2.36. The lowest BCUT2D eigenvalue weighted by Gasteiger charge is -2.29. The molecule has 0 aromatic heterocycles. The van der Waals surface area contributed by atoms with Crippen molar-refractivity contribution in [3.63, 3.8) is 0 Å². The maximum atomic E-state index is 13.2. The minimum Gasteiger partial charge on any atom is -0.312 e. The fourth-order valence-corrected chi connectivity index (χ4v) is 2.37. The summed E-state index contributed by atoms with van der Waals surface area (Å²) in [5, 5.41) is 0. The molecule has 1 saturated heterocycles. The first-order chi connectivity index (χ1) is 7.59. The van der Waals surface area contributed by atoms with Gasteiger partial charge in [0.1, 0.15) is 5.82 Å². The number of halogens is 1. The number of hydrogen-bond acceptors (Lipinski definition) is 1. The van der Waals surface area contributed by atoms with Crippen molar-refractivity contribution in [3.05, 3.63) is 29.1 Å². The molecule has 2 nitrogen and oxygen atoms in total. The molecule has 86 valence electrons. The highest BCUT2D eigenvalue weighted by Gasteiger charge is 2.22. The molecule has 0 aliphatic carbocycles. The zero-order valence-electron chi connectivity index (χ0n) is 9.72. The molecule has 0 atom stereocenters. The molecule has 0 unspecified atom stereocenters. The number of nitrogens with zero attached hydrogens (tertiary/aromatic N) is 1. The molecule has 1 aliphatic heterocycles. The van der Waals surface area contributed by atoms with E-state index in [0.717, 1.165) is 36.2 Å². The number of carbonyl (C=O) groups excluding carboxylic acids is 1. The Balaban J connectivity index is 2.42. The van der Waals surface area contributed by atoms with Gasteiger partial charge in [0.2, 0.25) is 5.91 Å². The molecule has 3 heteroatoms. The van der Waals surface area contributed by atoms with Gasteiger partial charge < -0.3 is 4.90 Å². The van der Waals surface area contributed by atoms with Crippen LogP contribution in [0.3, 0.4) is 0 Å². The Morgan fingerprint density at radius 1 is 1.19 bits per heavy atom. The summed E-state index contributed by atoms with van der Waals surface area (Å²) >= 11 is 0. The topological polar surface area (TPSA) is 20.3 Å². The fourth-order valence-electron chi connectivity index (χ4n) is 2.37. The van der Waals surface area contributed by atoms with Crippen LogP contribution in [0.25, 0.3) is 0 Å². The lowest BCUT2D eigenvalue weighted by molar-refractivity contribution is -0.119. The summed E-state index contributed by atoms with van der Waals surface area (Å²) in [5.41, 5.74) is 2.58. The van der Waals surface area contributed by atoms with E-state index in [1.807, 2.05) is 13.8 Å². The number of aryl methyl sites for hydroxylation is 2. The molecular formula is C13H16FNO. The summed E-state index contributed by atoms with van der Waals surface area (Å²) < 4.78 is 13.2. The largest absolute Gasteiger partial charge is 0.312 e. The van der Waals surface area contributed by atoms with Gasteiger partial charge in [0, 0.05) is 18.7 Å². The predicted molar refractivity (Wildman–Crippen MR) is 62.1 cm³/mol. The molecule has 1 aliphatic rings. The molecule has 1 aromatic carbocycles. The highest BCUT2D eigenvalue weighted by Crippen LogP contribution is 2.28. The summed E-state index contributed by atoms with van der Waals surface area (Å²) in [6.07, 6.45) is 2.60. The molecule has 16 heavy (non-hydrogen) atoms. The van der Waals surface area contributed by atoms with E-state index < -0.39 is 0 Å². The van der Waals surface area contributed by atoms with E-state index in [0.29, 0.717) is 6.42 Å². The van der Waals surface area contributed by atoms with Crippen LogP contribution in [0, 0.1) is 19.7 Å². The Labute approximate surface area is 95.1 Å². The number of carbonyl (C=O) groups is 1. The maximum Gasteiger partial charge on any atom is 0.226 e. The number of rotatable bonds is 1. The van der Waals surface area contributed by atoms with Crippen LogP contribution in [-0.2, 0) is 4.79 Å². The van der Waals surface area contributed by atoms with Crippen LogP contribution >= 0.6 is 0 Å². The van der Waals surface area contributed by atoms with Crippen LogP contribution < -0.4 is 4.90 Å². The van der Waals surface area contributed by atoms with Crippen molar-refractivity contribution in [2.45, 2.75) is 33.1 Å². The maximum absolute atomic E-state index is 13.2. The fraction of sp³-hybridized carbons (Fsp3) is 0.462. The molecular weight excluding hydrogens is 205 g/mol. The van der Waals surface area contributed by atoms with Gasteiger partial charge in [-0.25, -0.2) is 4.39 Å². The van der Waals surface area contributed by atoms with Crippen molar-refractivity contribution >= 4 is 11.6 Å². The first kappa shape index (κ1) is 11.1. The van der Waals surface area contributed by atoms with Crippen molar-refractivity contribution in [2.75, 3.05) is 11.4 Å². The highest BCUT2D eigenvalue weighted by atomic mass is 19.1. The number of anilines is 1. The Morgan fingerprint density at radius 3 is 2.38 bits per heavy atom. The number of hydrogen-bond donors (Lipinski definition) is 0. The van der Waals surface area contributed by atoms with Crippen LogP contribution in [0.2, 0.25) is 0 Å². The Hall–Kier alpha value is -1.38. The van der Waals surface area contributed by atoms with Gasteiger partial charge in [-0.05, 0) is 49.9 Å². The second kappa shape index (κ2) is 4.24. The van der Waals surface area contributed by atoms with E-state index in [9.17, 15) is 9.18 Å². The Bertz CT molecular complexity index is 405. The molecule has 0 saturated carbocycles. The van der Waals surface area contributed by atoms with Gasteiger partial charge in [-0.3, -0.25) is 4.79 Å². The van der Waals surface area contributed by atoms with Crippen molar-refractivity contribution < 1.29 is 9.18 Å². The molecule has 0 N–H and O–H groups in total. The quantitative estimate of drug-likeness (QED) is 0.714. The molecule has 1 amide bonds. The monoisotopic (exact) mass is 221 g/mol. The molecule has 0 radical (unpaired) electrons. The van der Waals surface area contributed by atoms with Crippen molar-refractivity contribution in [1.29, 1.82) is 0 Å². The minimum atomic E-state index is -0.233. The van der Waals surface area contributed by atoms with E-state index in [-0.39, 0.29) is 11.7 Å². The normalized spacial score (nSPS) is 16.7. The molecule has 0 spiro atoms. The summed E-state index contributed by atoms with van der Waals surface area (Å²) in [7, 11) is 0. The van der Waals surface area contributed by atoms with Gasteiger partial charge in [-0.2, -0.15) is 0 Å². The van der Waals surface area contributed by atoms with E-state index >= 15 is 0 Å². The van der Waals surface area contributed by atoms with Gasteiger partial charge in [-0.1, -0.05) is 0 Å². The zero-order valence-corrected chi connectivity index (χ0v) is 9.72. The van der Waals surface area contributed by atoms with E-state index in [1.165, 1.54) is 12.1 Å². The number of amides is 1. The van der Waals surface area contributed by atoms with Gasteiger partial charge in [0.15, 0.2) is 0 Å². The van der Waals surface area contributed by atoms with Gasteiger partial charge >= 0.3 is 0 Å². The first-order valence-corrected chi connectivity index (χ1v) is 5.66. The van der Waals surface area contributed by atoms with Crippen molar-refractivity contribution in [2.24, 2.45) is 0 Å². The average Bonchev–Trinajstić information content (AvgIpc) is 2.19. The second-order valence-electron chi connectivity index (χ2n) is 4.39.